The molecular formula is C17H31N3O. The van der Waals surface area contributed by atoms with E-state index in [9.17, 15) is 4.79 Å². The van der Waals surface area contributed by atoms with E-state index < -0.39 is 0 Å². The van der Waals surface area contributed by atoms with Crippen molar-refractivity contribution in [2.24, 2.45) is 0 Å². The zero-order chi connectivity index (χ0) is 16.1. The van der Waals surface area contributed by atoms with Crippen LogP contribution in [-0.4, -0.2) is 36.6 Å². The number of allylic oxidation sites excluding steroid dienone is 3. The summed E-state index contributed by atoms with van der Waals surface area (Å²) >= 11 is 0. The minimum Gasteiger partial charge on any atom is -0.318 e. The topological polar surface area (TPSA) is 44.4 Å². The summed E-state index contributed by atoms with van der Waals surface area (Å²) in [4.78, 5) is 14.0. The van der Waals surface area contributed by atoms with Gasteiger partial charge in [0.05, 0.1) is 0 Å². The summed E-state index contributed by atoms with van der Waals surface area (Å²) in [5, 5.41) is 6.13. The maximum absolute atomic E-state index is 12.1. The lowest BCUT2D eigenvalue weighted by Crippen LogP contribution is -2.49. The van der Waals surface area contributed by atoms with Crippen LogP contribution in [0.1, 0.15) is 40.5 Å². The zero-order valence-corrected chi connectivity index (χ0v) is 14.0. The average molecular weight is 293 g/mol. The maximum Gasteiger partial charge on any atom is 0.322 e. The van der Waals surface area contributed by atoms with Crippen LogP contribution in [-0.2, 0) is 0 Å². The molecular weight excluding hydrogens is 262 g/mol. The molecule has 0 atom stereocenters. The number of nitrogens with one attached hydrogen (secondary N) is 2. The molecule has 4 nitrogen and oxygen atoms in total. The molecule has 2 amide bonds. The predicted molar refractivity (Wildman–Crippen MR) is 91.2 cm³/mol. The number of piperidine rings is 1. The van der Waals surface area contributed by atoms with Gasteiger partial charge in [0.2, 0.25) is 0 Å². The summed E-state index contributed by atoms with van der Waals surface area (Å²) in [6.07, 6.45) is 9.70. The molecule has 0 aliphatic carbocycles. The Kier molecular flexibility index (Phi) is 11.3. The summed E-state index contributed by atoms with van der Waals surface area (Å²) in [7, 11) is 0. The summed E-state index contributed by atoms with van der Waals surface area (Å²) in [6, 6.07) is 0.282. The van der Waals surface area contributed by atoms with Gasteiger partial charge in [0.15, 0.2) is 0 Å². The number of amides is 2. The molecule has 2 rings (SSSR count). The molecule has 0 aromatic carbocycles. The molecule has 0 spiro atoms. The molecule has 2 aliphatic heterocycles. The molecule has 0 aromatic rings. The number of rotatable bonds is 1. The van der Waals surface area contributed by atoms with Gasteiger partial charge in [-0.05, 0) is 32.0 Å². The Morgan fingerprint density at radius 3 is 2.38 bits per heavy atom. The third-order valence-electron chi connectivity index (χ3n) is 3.12. The number of hydrogen-bond acceptors (Lipinski definition) is 2. The van der Waals surface area contributed by atoms with Crippen molar-refractivity contribution in [3.63, 3.8) is 0 Å². The van der Waals surface area contributed by atoms with E-state index in [0.29, 0.717) is 18.3 Å². The third kappa shape index (κ3) is 7.14. The maximum atomic E-state index is 12.1. The van der Waals surface area contributed by atoms with Gasteiger partial charge < -0.3 is 15.5 Å². The Labute approximate surface area is 130 Å². The first-order valence-corrected chi connectivity index (χ1v) is 8.08. The summed E-state index contributed by atoms with van der Waals surface area (Å²) < 4.78 is 0. The first kappa shape index (κ1) is 19.4. The van der Waals surface area contributed by atoms with E-state index in [4.69, 9.17) is 0 Å². The van der Waals surface area contributed by atoms with E-state index in [2.05, 4.69) is 17.2 Å². The second-order valence-corrected chi connectivity index (χ2v) is 4.38. The van der Waals surface area contributed by atoms with Gasteiger partial charge in [0.25, 0.3) is 0 Å². The van der Waals surface area contributed by atoms with Gasteiger partial charge in [0.1, 0.15) is 0 Å². The second-order valence-electron chi connectivity index (χ2n) is 4.38. The molecule has 1 saturated heterocycles. The lowest BCUT2D eigenvalue weighted by molar-refractivity contribution is 0.170. The highest BCUT2D eigenvalue weighted by molar-refractivity contribution is 5.77. The normalized spacial score (nSPS) is 22.2. The van der Waals surface area contributed by atoms with E-state index in [1.807, 2.05) is 50.8 Å². The lowest BCUT2D eigenvalue weighted by Gasteiger charge is -2.33. The minimum absolute atomic E-state index is 0.0434. The van der Waals surface area contributed by atoms with Crippen LogP contribution in [0, 0.1) is 0 Å². The quantitative estimate of drug-likeness (QED) is 0.778. The van der Waals surface area contributed by atoms with E-state index in [1.165, 1.54) is 0 Å². The van der Waals surface area contributed by atoms with Gasteiger partial charge in [-0.1, -0.05) is 52.5 Å². The van der Waals surface area contributed by atoms with Crippen molar-refractivity contribution < 1.29 is 4.79 Å². The van der Waals surface area contributed by atoms with Crippen LogP contribution in [0.25, 0.3) is 0 Å². The Balaban J connectivity index is 0.000000921. The van der Waals surface area contributed by atoms with Crippen LogP contribution in [0.4, 0.5) is 4.79 Å². The highest BCUT2D eigenvalue weighted by Crippen LogP contribution is 2.13. The van der Waals surface area contributed by atoms with Crippen molar-refractivity contribution in [3.05, 3.63) is 36.6 Å². The van der Waals surface area contributed by atoms with Gasteiger partial charge in [-0.15, -0.1) is 0 Å². The molecule has 2 N–H and O–H groups in total. The highest BCUT2D eigenvalue weighted by atomic mass is 16.2. The average Bonchev–Trinajstić information content (AvgIpc) is 2.62. The van der Waals surface area contributed by atoms with E-state index in [0.717, 1.165) is 25.9 Å². The Morgan fingerprint density at radius 1 is 1.14 bits per heavy atom. The number of carbonyl (C=O) groups is 1. The second kappa shape index (κ2) is 12.2. The molecule has 0 saturated carbocycles. The van der Waals surface area contributed by atoms with Crippen molar-refractivity contribution in [2.45, 2.75) is 46.6 Å². The fourth-order valence-electron chi connectivity index (χ4n) is 2.19. The Bertz CT molecular complexity index is 355. The van der Waals surface area contributed by atoms with Crippen molar-refractivity contribution in [1.82, 2.24) is 15.5 Å². The molecule has 1 fully saturated rings. The van der Waals surface area contributed by atoms with Crippen LogP contribution in [0.3, 0.4) is 0 Å². The van der Waals surface area contributed by atoms with E-state index in [-0.39, 0.29) is 6.03 Å². The fraction of sp³-hybridized carbons (Fsp3) is 0.588. The van der Waals surface area contributed by atoms with Crippen LogP contribution in [0.15, 0.2) is 36.6 Å². The van der Waals surface area contributed by atoms with Crippen LogP contribution in [0.2, 0.25) is 0 Å². The van der Waals surface area contributed by atoms with Crippen molar-refractivity contribution >= 4 is 6.03 Å². The molecule has 0 unspecified atom stereocenters. The minimum atomic E-state index is -0.0434. The van der Waals surface area contributed by atoms with Crippen molar-refractivity contribution in [1.29, 1.82) is 0 Å². The van der Waals surface area contributed by atoms with Crippen LogP contribution >= 0.6 is 0 Å². The molecule has 120 valence electrons. The predicted octanol–water partition coefficient (Wildman–Crippen LogP) is 3.44. The smallest absolute Gasteiger partial charge is 0.318 e. The Hall–Kier alpha value is -1.55. The van der Waals surface area contributed by atoms with Gasteiger partial charge in [-0.2, -0.15) is 0 Å². The largest absolute Gasteiger partial charge is 0.322 e. The number of urea groups is 1. The SMILES string of the molecule is C=C1/C=C\C=C/CN(C2CCNCC2)C(=O)N1.CC.CC. The molecule has 4 heteroatoms. The summed E-state index contributed by atoms with van der Waals surface area (Å²) in [6.45, 7) is 14.4. The molecule has 0 radical (unpaired) electrons. The van der Waals surface area contributed by atoms with Crippen LogP contribution in [0.5, 0.6) is 0 Å². The third-order valence-corrected chi connectivity index (χ3v) is 3.12. The molecule has 21 heavy (non-hydrogen) atoms. The van der Waals surface area contributed by atoms with Gasteiger partial charge in [-0.25, -0.2) is 4.79 Å². The van der Waals surface area contributed by atoms with Gasteiger partial charge in [-0.3, -0.25) is 0 Å². The standard InChI is InChI=1S/C13H19N3O.2C2H6/c1-11-5-3-2-4-10-16(13(17)15-11)12-6-8-14-9-7-12;2*1-2/h2-5,12,14H,1,6-10H2,(H,15,17);2*1-2H3/b4-2-,5-3-;;. The van der Waals surface area contributed by atoms with Crippen LogP contribution < -0.4 is 10.6 Å². The van der Waals surface area contributed by atoms with E-state index >= 15 is 0 Å². The highest BCUT2D eigenvalue weighted by Gasteiger charge is 2.24. The number of nitrogens with zero attached hydrogens (tertiary/aromatic N) is 1. The fourth-order valence-corrected chi connectivity index (χ4v) is 2.19. The molecule has 2 aliphatic rings. The lowest BCUT2D eigenvalue weighted by atomic mass is 10.1. The van der Waals surface area contributed by atoms with Crippen molar-refractivity contribution in [3.8, 4) is 0 Å². The summed E-state index contributed by atoms with van der Waals surface area (Å²) in [5.74, 6) is 0. The molecule has 0 aromatic heterocycles. The number of hydrogen-bond donors (Lipinski definition) is 2. The number of carbonyl (C=O) groups excluding carboxylic acids is 1. The zero-order valence-electron chi connectivity index (χ0n) is 14.0. The first-order valence-electron chi connectivity index (χ1n) is 8.08. The molecule has 0 bridgehead atoms. The van der Waals surface area contributed by atoms with Gasteiger partial charge in [0, 0.05) is 18.3 Å². The molecule has 2 heterocycles. The first-order chi connectivity index (χ1) is 10.3. The van der Waals surface area contributed by atoms with Gasteiger partial charge >= 0.3 is 6.03 Å². The Morgan fingerprint density at radius 2 is 1.76 bits per heavy atom. The summed E-state index contributed by atoms with van der Waals surface area (Å²) in [5.41, 5.74) is 0.639. The van der Waals surface area contributed by atoms with E-state index in [1.54, 1.807) is 6.08 Å². The monoisotopic (exact) mass is 293 g/mol. The van der Waals surface area contributed by atoms with Crippen molar-refractivity contribution in [2.75, 3.05) is 19.6 Å².